The van der Waals surface area contributed by atoms with E-state index in [2.05, 4.69) is 36.4 Å². The average Bonchev–Trinajstić information content (AvgIpc) is 3.07. The van der Waals surface area contributed by atoms with Gasteiger partial charge in [0.25, 0.3) is 10.9 Å². The Kier molecular flexibility index (Phi) is 4.33. The van der Waals surface area contributed by atoms with Crippen LogP contribution in [-0.2, 0) is 0 Å². The smallest absolute Gasteiger partial charge is 0.253 e. The summed E-state index contributed by atoms with van der Waals surface area (Å²) >= 11 is 0. The minimum absolute atomic E-state index is 0.260. The molecule has 2 aromatic carbocycles. The number of aromatic amines is 1. The summed E-state index contributed by atoms with van der Waals surface area (Å²) in [6, 6.07) is 8.14. The van der Waals surface area contributed by atoms with Crippen molar-refractivity contribution < 1.29 is 0 Å². The fraction of sp³-hybridized carbons (Fsp3) is 0.455. The first-order valence-electron chi connectivity index (χ1n) is 9.77. The second-order valence-corrected chi connectivity index (χ2v) is 8.84. The van der Waals surface area contributed by atoms with Crippen LogP contribution in [0.3, 0.4) is 0 Å². The summed E-state index contributed by atoms with van der Waals surface area (Å²) < 4.78 is 0. The highest BCUT2D eigenvalue weighted by atomic mass is 16.2. The Labute approximate surface area is 158 Å². The Hall–Kier alpha value is -2.56. The van der Waals surface area contributed by atoms with E-state index < -0.39 is 10.9 Å². The van der Waals surface area contributed by atoms with Crippen LogP contribution in [0, 0.1) is 11.3 Å². The average molecular weight is 365 g/mol. The molecule has 5 heteroatoms. The Morgan fingerprint density at radius 3 is 2.33 bits per heavy atom. The molecule has 0 aliphatic heterocycles. The summed E-state index contributed by atoms with van der Waals surface area (Å²) in [4.78, 5) is 27.5. The van der Waals surface area contributed by atoms with Crippen LogP contribution in [0.15, 0.2) is 40.1 Å². The highest BCUT2D eigenvalue weighted by Crippen LogP contribution is 2.38. The lowest BCUT2D eigenvalue weighted by molar-refractivity contribution is 0.173. The highest BCUT2D eigenvalue weighted by Gasteiger charge is 2.31. The topological polar surface area (TPSA) is 74.0 Å². The zero-order valence-corrected chi connectivity index (χ0v) is 16.2. The highest BCUT2D eigenvalue weighted by molar-refractivity contribution is 5.95. The number of aromatic nitrogens is 1. The van der Waals surface area contributed by atoms with E-state index in [4.69, 9.17) is 0 Å². The van der Waals surface area contributed by atoms with Crippen LogP contribution in [0.2, 0.25) is 0 Å². The van der Waals surface area contributed by atoms with E-state index >= 15 is 0 Å². The molecular weight excluding hydrogens is 338 g/mol. The van der Waals surface area contributed by atoms with Gasteiger partial charge < -0.3 is 15.6 Å². The van der Waals surface area contributed by atoms with E-state index in [1.54, 1.807) is 0 Å². The van der Waals surface area contributed by atoms with Crippen molar-refractivity contribution in [2.24, 2.45) is 11.3 Å². The van der Waals surface area contributed by atoms with Crippen molar-refractivity contribution in [1.82, 2.24) is 4.98 Å². The molecule has 0 radical (unpaired) electrons. The molecule has 0 atom stereocenters. The summed E-state index contributed by atoms with van der Waals surface area (Å²) in [6.07, 6.45) is 6.21. The van der Waals surface area contributed by atoms with Gasteiger partial charge in [-0.05, 0) is 43.1 Å². The van der Waals surface area contributed by atoms with Crippen molar-refractivity contribution in [1.29, 1.82) is 0 Å². The molecule has 1 aliphatic rings. The lowest BCUT2D eigenvalue weighted by Gasteiger charge is -2.37. The van der Waals surface area contributed by atoms with Gasteiger partial charge >= 0.3 is 0 Å². The quantitative estimate of drug-likeness (QED) is 0.594. The van der Waals surface area contributed by atoms with Gasteiger partial charge in [-0.2, -0.15) is 0 Å². The second-order valence-electron chi connectivity index (χ2n) is 8.84. The maximum Gasteiger partial charge on any atom is 0.253 e. The molecule has 5 nitrogen and oxygen atoms in total. The standard InChI is InChI=1S/C22H27N3O2/c1-22(2,3)13-8-10-14(11-9-13)24-18-19(21(27)20(18)26)25-17-12-23-16-7-5-4-6-15(16)17/h4-7,12-14,23-25H,8-11H2,1-3H3. The third kappa shape index (κ3) is 3.27. The molecule has 3 aromatic rings. The first kappa shape index (κ1) is 17.8. The van der Waals surface area contributed by atoms with Gasteiger partial charge in [0, 0.05) is 23.1 Å². The van der Waals surface area contributed by atoms with Crippen molar-refractivity contribution in [3.63, 3.8) is 0 Å². The number of rotatable bonds is 4. The van der Waals surface area contributed by atoms with E-state index in [-0.39, 0.29) is 6.04 Å². The van der Waals surface area contributed by atoms with Crippen molar-refractivity contribution in [2.75, 3.05) is 10.6 Å². The maximum absolute atomic E-state index is 12.1. The molecule has 1 aliphatic carbocycles. The molecule has 0 unspecified atom stereocenters. The van der Waals surface area contributed by atoms with E-state index in [9.17, 15) is 9.59 Å². The van der Waals surface area contributed by atoms with Crippen LogP contribution >= 0.6 is 0 Å². The number of hydrogen-bond donors (Lipinski definition) is 3. The van der Waals surface area contributed by atoms with Gasteiger partial charge in [-0.3, -0.25) is 9.59 Å². The Balaban J connectivity index is 1.49. The largest absolute Gasteiger partial charge is 0.377 e. The molecule has 1 aromatic heterocycles. The number of benzene rings is 1. The molecule has 4 rings (SSSR count). The Morgan fingerprint density at radius 2 is 1.63 bits per heavy atom. The number of para-hydroxylation sites is 1. The predicted octanol–water partition coefficient (Wildman–Crippen LogP) is 4.52. The van der Waals surface area contributed by atoms with Gasteiger partial charge in [-0.25, -0.2) is 0 Å². The normalized spacial score (nSPS) is 20.9. The van der Waals surface area contributed by atoms with Crippen molar-refractivity contribution >= 4 is 28.0 Å². The van der Waals surface area contributed by atoms with Gasteiger partial charge in [0.2, 0.25) is 0 Å². The van der Waals surface area contributed by atoms with Crippen LogP contribution in [0.5, 0.6) is 0 Å². The first-order chi connectivity index (χ1) is 12.8. The summed E-state index contributed by atoms with van der Waals surface area (Å²) in [5.41, 5.74) is 2.13. The maximum atomic E-state index is 12.1. The molecule has 0 amide bonds. The van der Waals surface area contributed by atoms with Gasteiger partial charge in [0.1, 0.15) is 11.4 Å². The molecule has 0 bridgehead atoms. The number of fused-ring (bicyclic) bond motifs is 1. The minimum atomic E-state index is -0.439. The van der Waals surface area contributed by atoms with Crippen LogP contribution < -0.4 is 21.5 Å². The van der Waals surface area contributed by atoms with Crippen LogP contribution in [0.1, 0.15) is 46.5 Å². The van der Waals surface area contributed by atoms with E-state index in [0.717, 1.165) is 42.3 Å². The van der Waals surface area contributed by atoms with Crippen molar-refractivity contribution in [3.05, 3.63) is 50.9 Å². The second kappa shape index (κ2) is 6.55. The Bertz CT molecular complexity index is 1030. The Morgan fingerprint density at radius 1 is 0.963 bits per heavy atom. The molecule has 142 valence electrons. The SMILES string of the molecule is CC(C)(C)C1CCC(Nc2c(Nc3c[nH]c4ccccc34)c(=O)c2=O)CC1. The molecule has 0 saturated heterocycles. The van der Waals surface area contributed by atoms with Crippen LogP contribution in [0.4, 0.5) is 17.1 Å². The minimum Gasteiger partial charge on any atom is -0.377 e. The predicted molar refractivity (Wildman–Crippen MR) is 112 cm³/mol. The number of anilines is 3. The van der Waals surface area contributed by atoms with Gasteiger partial charge in [-0.1, -0.05) is 39.0 Å². The summed E-state index contributed by atoms with van der Waals surface area (Å²) in [5.74, 6) is 0.715. The van der Waals surface area contributed by atoms with Crippen molar-refractivity contribution in [3.8, 4) is 0 Å². The van der Waals surface area contributed by atoms with Gasteiger partial charge in [0.05, 0.1) is 5.69 Å². The fourth-order valence-corrected chi connectivity index (χ4v) is 4.27. The molecule has 1 fully saturated rings. The number of hydrogen-bond acceptors (Lipinski definition) is 4. The van der Waals surface area contributed by atoms with E-state index in [1.807, 2.05) is 30.5 Å². The molecular formula is C22H27N3O2. The third-order valence-corrected chi connectivity index (χ3v) is 6.06. The molecule has 27 heavy (non-hydrogen) atoms. The van der Waals surface area contributed by atoms with Crippen LogP contribution in [0.25, 0.3) is 10.9 Å². The number of H-pyrrole nitrogens is 1. The summed E-state index contributed by atoms with van der Waals surface area (Å²) in [6.45, 7) is 6.89. The zero-order chi connectivity index (χ0) is 19.2. The van der Waals surface area contributed by atoms with Gasteiger partial charge in [-0.15, -0.1) is 0 Å². The lowest BCUT2D eigenvalue weighted by atomic mass is 9.71. The van der Waals surface area contributed by atoms with Crippen LogP contribution in [-0.4, -0.2) is 11.0 Å². The summed E-state index contributed by atoms with van der Waals surface area (Å²) in [7, 11) is 0. The monoisotopic (exact) mass is 365 g/mol. The number of nitrogens with one attached hydrogen (secondary N) is 3. The van der Waals surface area contributed by atoms with E-state index in [1.165, 1.54) is 0 Å². The lowest BCUT2D eigenvalue weighted by Crippen LogP contribution is -2.40. The molecule has 1 saturated carbocycles. The molecule has 1 heterocycles. The van der Waals surface area contributed by atoms with Crippen molar-refractivity contribution in [2.45, 2.75) is 52.5 Å². The fourth-order valence-electron chi connectivity index (χ4n) is 4.27. The van der Waals surface area contributed by atoms with E-state index in [0.29, 0.717) is 22.7 Å². The molecule has 3 N–H and O–H groups in total. The van der Waals surface area contributed by atoms with Gasteiger partial charge in [0.15, 0.2) is 0 Å². The first-order valence-corrected chi connectivity index (χ1v) is 9.77. The molecule has 0 spiro atoms. The zero-order valence-electron chi connectivity index (χ0n) is 16.2. The summed E-state index contributed by atoms with van der Waals surface area (Å²) in [5, 5.41) is 7.53. The third-order valence-electron chi connectivity index (χ3n) is 6.06.